The van der Waals surface area contributed by atoms with Crippen molar-refractivity contribution in [3.05, 3.63) is 65.7 Å². The summed E-state index contributed by atoms with van der Waals surface area (Å²) in [6.07, 6.45) is 4.98. The largest absolute Gasteiger partial charge is 0.457 e. The normalized spacial score (nSPS) is 13.0. The molecule has 7 heteroatoms. The van der Waals surface area contributed by atoms with Crippen molar-refractivity contribution in [3.63, 3.8) is 0 Å². The molecule has 33 heavy (non-hydrogen) atoms. The number of halogens is 4. The van der Waals surface area contributed by atoms with Gasteiger partial charge >= 0.3 is 12.1 Å². The second-order valence-electron chi connectivity index (χ2n) is 7.87. The van der Waals surface area contributed by atoms with Crippen LogP contribution in [0.5, 0.6) is 17.2 Å². The van der Waals surface area contributed by atoms with Crippen LogP contribution in [0.25, 0.3) is 0 Å². The topological polar surface area (TPSA) is 35.5 Å². The molecule has 0 aliphatic rings. The van der Waals surface area contributed by atoms with Crippen LogP contribution >= 0.6 is 15.9 Å². The Bertz CT molecular complexity index is 888. The molecule has 3 nitrogen and oxygen atoms in total. The fourth-order valence-corrected chi connectivity index (χ4v) is 3.54. The first kappa shape index (κ1) is 27.0. The Morgan fingerprint density at radius 2 is 1.42 bits per heavy atom. The maximum absolute atomic E-state index is 12.7. The molecule has 2 rings (SSSR count). The molecule has 0 radical (unpaired) electrons. The number of unbranched alkanes of at least 4 members (excludes halogenated alkanes) is 5. The zero-order valence-electron chi connectivity index (χ0n) is 19.0. The number of alkyl halides is 4. The van der Waals surface area contributed by atoms with Gasteiger partial charge in [0.2, 0.25) is 0 Å². The van der Waals surface area contributed by atoms with Crippen molar-refractivity contribution in [1.29, 1.82) is 0 Å². The molecule has 0 spiro atoms. The van der Waals surface area contributed by atoms with Crippen LogP contribution in [-0.2, 0) is 11.0 Å². The Morgan fingerprint density at radius 3 is 1.97 bits per heavy atom. The highest BCUT2D eigenvalue weighted by Crippen LogP contribution is 2.31. The van der Waals surface area contributed by atoms with Crippen LogP contribution in [0.15, 0.2) is 60.2 Å². The third kappa shape index (κ3) is 10.0. The summed E-state index contributed by atoms with van der Waals surface area (Å²) < 4.78 is 49.1. The lowest BCUT2D eigenvalue weighted by Crippen LogP contribution is -2.12. The molecule has 0 saturated carbocycles. The van der Waals surface area contributed by atoms with Gasteiger partial charge in [-0.1, -0.05) is 61.0 Å². The number of carbonyl (C=O) groups is 1. The molecular weight excluding hydrogens is 497 g/mol. The fraction of sp³-hybridized carbons (Fsp3) is 0.423. The summed E-state index contributed by atoms with van der Waals surface area (Å²) >= 11 is 3.47. The Balaban J connectivity index is 1.92. The zero-order chi connectivity index (χ0) is 24.3. The van der Waals surface area contributed by atoms with E-state index in [1.54, 1.807) is 24.3 Å². The van der Waals surface area contributed by atoms with Gasteiger partial charge in [0, 0.05) is 10.4 Å². The first-order chi connectivity index (χ1) is 15.7. The summed E-state index contributed by atoms with van der Waals surface area (Å²) in [7, 11) is 0. The maximum Gasteiger partial charge on any atom is 0.416 e. The van der Waals surface area contributed by atoms with Crippen LogP contribution in [0.3, 0.4) is 0 Å². The van der Waals surface area contributed by atoms with E-state index in [1.807, 2.05) is 13.0 Å². The number of esters is 1. The summed E-state index contributed by atoms with van der Waals surface area (Å²) in [5.74, 6) is 0.691. The molecule has 0 heterocycles. The van der Waals surface area contributed by atoms with E-state index in [2.05, 4.69) is 22.9 Å². The standard InChI is InChI=1S/C26H30BrF3O3/c1-3-4-5-6-7-8-9-20(18-19(2)27)25(31)33-24-16-14-23(15-17-24)32-22-12-10-21(11-13-22)26(28,29)30/h10-19H,3-9H2,1-2H3. The van der Waals surface area contributed by atoms with Crippen molar-refractivity contribution in [2.24, 2.45) is 0 Å². The van der Waals surface area contributed by atoms with Crippen LogP contribution < -0.4 is 9.47 Å². The highest BCUT2D eigenvalue weighted by atomic mass is 79.9. The maximum atomic E-state index is 12.7. The molecule has 0 aromatic heterocycles. The van der Waals surface area contributed by atoms with Gasteiger partial charge in [0.05, 0.1) is 5.56 Å². The van der Waals surface area contributed by atoms with Gasteiger partial charge < -0.3 is 9.47 Å². The zero-order valence-corrected chi connectivity index (χ0v) is 20.5. The SMILES string of the molecule is CCCCCCCCC(=CC(C)Br)C(=O)Oc1ccc(Oc2ccc(C(F)(F)F)cc2)cc1. The van der Waals surface area contributed by atoms with E-state index in [0.29, 0.717) is 23.5 Å². The van der Waals surface area contributed by atoms with E-state index in [9.17, 15) is 18.0 Å². The lowest BCUT2D eigenvalue weighted by molar-refractivity contribution is -0.137. The molecule has 2 aromatic rings. The van der Waals surface area contributed by atoms with Crippen molar-refractivity contribution in [3.8, 4) is 17.2 Å². The number of hydrogen-bond donors (Lipinski definition) is 0. The van der Waals surface area contributed by atoms with Gasteiger partial charge in [-0.15, -0.1) is 0 Å². The van der Waals surface area contributed by atoms with Crippen molar-refractivity contribution in [2.75, 3.05) is 0 Å². The lowest BCUT2D eigenvalue weighted by atomic mass is 10.0. The predicted octanol–water partition coefficient (Wildman–Crippen LogP) is 8.86. The number of hydrogen-bond acceptors (Lipinski definition) is 3. The average Bonchev–Trinajstić information content (AvgIpc) is 2.76. The fourth-order valence-electron chi connectivity index (χ4n) is 3.22. The molecule has 0 aliphatic heterocycles. The molecule has 0 N–H and O–H groups in total. The van der Waals surface area contributed by atoms with Crippen molar-refractivity contribution in [2.45, 2.75) is 69.8 Å². The first-order valence-corrected chi connectivity index (χ1v) is 12.1. The Kier molecular flexibility index (Phi) is 11.0. The summed E-state index contributed by atoms with van der Waals surface area (Å²) in [5, 5.41) is 0. The third-order valence-corrected chi connectivity index (χ3v) is 5.21. The summed E-state index contributed by atoms with van der Waals surface area (Å²) in [6.45, 7) is 4.13. The number of allylic oxidation sites excluding steroid dienone is 1. The van der Waals surface area contributed by atoms with E-state index in [4.69, 9.17) is 9.47 Å². The molecule has 0 amide bonds. The highest BCUT2D eigenvalue weighted by molar-refractivity contribution is 9.09. The smallest absolute Gasteiger partial charge is 0.416 e. The number of benzene rings is 2. The average molecular weight is 527 g/mol. The predicted molar refractivity (Wildman–Crippen MR) is 128 cm³/mol. The van der Waals surface area contributed by atoms with Crippen molar-refractivity contribution >= 4 is 21.9 Å². The van der Waals surface area contributed by atoms with E-state index in [1.165, 1.54) is 37.8 Å². The van der Waals surface area contributed by atoms with Gasteiger partial charge in [0.25, 0.3) is 0 Å². The molecule has 1 unspecified atom stereocenters. The second kappa shape index (κ2) is 13.4. The summed E-state index contributed by atoms with van der Waals surface area (Å²) in [4.78, 5) is 12.7. The molecule has 0 aliphatic carbocycles. The second-order valence-corrected chi connectivity index (χ2v) is 9.32. The van der Waals surface area contributed by atoms with E-state index in [-0.39, 0.29) is 16.5 Å². The Labute approximate surface area is 202 Å². The van der Waals surface area contributed by atoms with Crippen LogP contribution in [-0.4, -0.2) is 10.8 Å². The third-order valence-electron chi connectivity index (χ3n) is 4.94. The van der Waals surface area contributed by atoms with E-state index in [0.717, 1.165) is 25.0 Å². The molecule has 180 valence electrons. The monoisotopic (exact) mass is 526 g/mol. The first-order valence-electron chi connectivity index (χ1n) is 11.2. The van der Waals surface area contributed by atoms with E-state index < -0.39 is 11.7 Å². The lowest BCUT2D eigenvalue weighted by Gasteiger charge is -2.11. The minimum absolute atomic E-state index is 0.0552. The molecule has 2 aromatic carbocycles. The van der Waals surface area contributed by atoms with Crippen molar-refractivity contribution in [1.82, 2.24) is 0 Å². The quantitative estimate of drug-likeness (QED) is 0.0910. The van der Waals surface area contributed by atoms with Gasteiger partial charge in [-0.2, -0.15) is 13.2 Å². The molecule has 0 saturated heterocycles. The number of carbonyl (C=O) groups excluding carboxylic acids is 1. The van der Waals surface area contributed by atoms with Crippen LogP contribution in [0, 0.1) is 0 Å². The van der Waals surface area contributed by atoms with Crippen LogP contribution in [0.4, 0.5) is 13.2 Å². The number of rotatable bonds is 12. The highest BCUT2D eigenvalue weighted by Gasteiger charge is 2.30. The summed E-state index contributed by atoms with van der Waals surface area (Å²) in [6, 6.07) is 10.8. The van der Waals surface area contributed by atoms with Crippen LogP contribution in [0.2, 0.25) is 0 Å². The summed E-state index contributed by atoms with van der Waals surface area (Å²) in [5.41, 5.74) is -0.0975. The minimum atomic E-state index is -4.39. The molecule has 0 bridgehead atoms. The Hall–Kier alpha value is -2.28. The van der Waals surface area contributed by atoms with Crippen molar-refractivity contribution < 1.29 is 27.4 Å². The van der Waals surface area contributed by atoms with Gasteiger partial charge in [0.1, 0.15) is 17.2 Å². The van der Waals surface area contributed by atoms with E-state index >= 15 is 0 Å². The molecule has 1 atom stereocenters. The van der Waals surface area contributed by atoms with Crippen LogP contribution in [0.1, 0.15) is 64.4 Å². The minimum Gasteiger partial charge on any atom is -0.457 e. The van der Waals surface area contributed by atoms with Gasteiger partial charge in [0.15, 0.2) is 0 Å². The Morgan fingerprint density at radius 1 is 0.909 bits per heavy atom. The van der Waals surface area contributed by atoms with Gasteiger partial charge in [-0.3, -0.25) is 0 Å². The van der Waals surface area contributed by atoms with Gasteiger partial charge in [-0.25, -0.2) is 4.79 Å². The molecular formula is C26H30BrF3O3. The molecule has 0 fully saturated rings. The van der Waals surface area contributed by atoms with Gasteiger partial charge in [-0.05, 0) is 68.3 Å². The number of ether oxygens (including phenoxy) is 2.